The van der Waals surface area contributed by atoms with Gasteiger partial charge in [0.1, 0.15) is 5.82 Å². The summed E-state index contributed by atoms with van der Waals surface area (Å²) in [6, 6.07) is 16.1. The first kappa shape index (κ1) is 19.0. The van der Waals surface area contributed by atoms with Gasteiger partial charge in [-0.15, -0.1) is 0 Å². The quantitative estimate of drug-likeness (QED) is 0.560. The Bertz CT molecular complexity index is 872. The van der Waals surface area contributed by atoms with Crippen molar-refractivity contribution in [2.75, 3.05) is 0 Å². The van der Waals surface area contributed by atoms with Crippen LogP contribution in [0.5, 0.6) is 0 Å². The minimum Gasteiger partial charge on any atom is -0.390 e. The molecule has 0 fully saturated rings. The van der Waals surface area contributed by atoms with E-state index < -0.39 is 0 Å². The van der Waals surface area contributed by atoms with Gasteiger partial charge in [-0.2, -0.15) is 0 Å². The third-order valence-electron chi connectivity index (χ3n) is 4.49. The molecule has 0 spiro atoms. The third kappa shape index (κ3) is 4.12. The Balaban J connectivity index is 1.86. The average Bonchev–Trinajstić information content (AvgIpc) is 2.95. The molecular formula is C21H22Cl2N2O. The molecule has 26 heavy (non-hydrogen) atoms. The molecule has 136 valence electrons. The van der Waals surface area contributed by atoms with Crippen molar-refractivity contribution in [1.82, 2.24) is 9.55 Å². The molecule has 0 saturated carbocycles. The molecule has 0 atom stereocenters. The number of imidazole rings is 1. The predicted octanol–water partition coefficient (Wildman–Crippen LogP) is 5.74. The maximum absolute atomic E-state index is 9.68. The largest absolute Gasteiger partial charge is 0.390 e. The van der Waals surface area contributed by atoms with E-state index in [0.717, 1.165) is 46.8 Å². The number of aliphatic hydroxyl groups is 1. The van der Waals surface area contributed by atoms with Gasteiger partial charge in [0.05, 0.1) is 12.3 Å². The van der Waals surface area contributed by atoms with Crippen molar-refractivity contribution in [1.29, 1.82) is 0 Å². The van der Waals surface area contributed by atoms with Crippen LogP contribution < -0.4 is 0 Å². The molecule has 0 aliphatic rings. The maximum atomic E-state index is 9.68. The molecule has 0 amide bonds. The molecule has 3 nitrogen and oxygen atoms in total. The lowest BCUT2D eigenvalue weighted by molar-refractivity contribution is 0.271. The van der Waals surface area contributed by atoms with Gasteiger partial charge in [0.25, 0.3) is 0 Å². The van der Waals surface area contributed by atoms with Gasteiger partial charge in [0.15, 0.2) is 5.15 Å². The van der Waals surface area contributed by atoms with Crippen LogP contribution in [0.15, 0.2) is 48.5 Å². The van der Waals surface area contributed by atoms with Gasteiger partial charge in [-0.1, -0.05) is 79.0 Å². The Morgan fingerprint density at radius 2 is 1.77 bits per heavy atom. The van der Waals surface area contributed by atoms with Crippen molar-refractivity contribution in [2.24, 2.45) is 0 Å². The number of aromatic nitrogens is 2. The van der Waals surface area contributed by atoms with E-state index in [0.29, 0.717) is 17.4 Å². The smallest absolute Gasteiger partial charge is 0.152 e. The molecule has 3 aromatic rings. The first-order valence-corrected chi connectivity index (χ1v) is 9.58. The van der Waals surface area contributed by atoms with E-state index in [1.807, 2.05) is 28.8 Å². The second-order valence-electron chi connectivity index (χ2n) is 6.29. The molecule has 0 aliphatic heterocycles. The first-order valence-electron chi connectivity index (χ1n) is 8.82. The minimum absolute atomic E-state index is 0.115. The van der Waals surface area contributed by atoms with Crippen molar-refractivity contribution >= 4 is 23.2 Å². The summed E-state index contributed by atoms with van der Waals surface area (Å²) < 4.78 is 2.03. The molecule has 5 heteroatoms. The zero-order valence-corrected chi connectivity index (χ0v) is 16.3. The normalized spacial score (nSPS) is 11.1. The summed E-state index contributed by atoms with van der Waals surface area (Å²) in [5, 5.41) is 10.8. The number of aryl methyl sites for hydroxylation is 1. The number of unbranched alkanes of at least 4 members (excludes halogenated alkanes) is 1. The van der Waals surface area contributed by atoms with Crippen molar-refractivity contribution in [3.63, 3.8) is 0 Å². The molecule has 0 unspecified atom stereocenters. The summed E-state index contributed by atoms with van der Waals surface area (Å²) in [5.41, 5.74) is 3.90. The number of hydrogen-bond donors (Lipinski definition) is 1. The lowest BCUT2D eigenvalue weighted by atomic mass is 10.0. The zero-order valence-electron chi connectivity index (χ0n) is 14.8. The van der Waals surface area contributed by atoms with Gasteiger partial charge in [-0.3, -0.25) is 0 Å². The van der Waals surface area contributed by atoms with E-state index in [2.05, 4.69) is 36.2 Å². The number of aliphatic hydroxyl groups excluding tert-OH is 1. The molecule has 0 radical (unpaired) electrons. The molecule has 3 rings (SSSR count). The van der Waals surface area contributed by atoms with Crippen molar-refractivity contribution in [3.8, 4) is 11.1 Å². The van der Waals surface area contributed by atoms with Crippen LogP contribution in [-0.4, -0.2) is 14.7 Å². The first-order chi connectivity index (χ1) is 12.6. The highest BCUT2D eigenvalue weighted by Gasteiger charge is 2.15. The highest BCUT2D eigenvalue weighted by atomic mass is 35.5. The summed E-state index contributed by atoms with van der Waals surface area (Å²) >= 11 is 12.5. The van der Waals surface area contributed by atoms with Crippen LogP contribution in [0.2, 0.25) is 10.2 Å². The zero-order chi connectivity index (χ0) is 18.5. The topological polar surface area (TPSA) is 38.1 Å². The van der Waals surface area contributed by atoms with Gasteiger partial charge in [0, 0.05) is 23.6 Å². The molecule has 1 N–H and O–H groups in total. The Labute approximate surface area is 164 Å². The summed E-state index contributed by atoms with van der Waals surface area (Å²) in [6.45, 7) is 2.67. The van der Waals surface area contributed by atoms with Crippen LogP contribution in [-0.2, 0) is 19.6 Å². The standard InChI is InChI=1S/C21H22Cl2N2O/c1-2-3-8-20-24-21(23)19(14-26)25(20)13-15-9-11-16(12-10-15)17-6-4-5-7-18(17)22/h4-7,9-12,26H,2-3,8,13-14H2,1H3. The van der Waals surface area contributed by atoms with Gasteiger partial charge in [0.2, 0.25) is 0 Å². The van der Waals surface area contributed by atoms with Crippen LogP contribution in [0.3, 0.4) is 0 Å². The number of rotatable bonds is 7. The van der Waals surface area contributed by atoms with Crippen LogP contribution >= 0.6 is 23.2 Å². The minimum atomic E-state index is -0.115. The molecule has 1 heterocycles. The summed E-state index contributed by atoms with van der Waals surface area (Å²) in [4.78, 5) is 4.44. The Hall–Kier alpha value is -1.81. The second kappa shape index (κ2) is 8.72. The van der Waals surface area contributed by atoms with E-state index in [1.165, 1.54) is 0 Å². The van der Waals surface area contributed by atoms with Crippen molar-refractivity contribution in [2.45, 2.75) is 39.3 Å². The summed E-state index contributed by atoms with van der Waals surface area (Å²) in [5.74, 6) is 0.927. The fourth-order valence-electron chi connectivity index (χ4n) is 3.04. The average molecular weight is 389 g/mol. The molecular weight excluding hydrogens is 367 g/mol. The Morgan fingerprint density at radius 3 is 2.42 bits per heavy atom. The highest BCUT2D eigenvalue weighted by molar-refractivity contribution is 6.33. The monoisotopic (exact) mass is 388 g/mol. The number of halogens is 2. The molecule has 0 saturated heterocycles. The molecule has 0 bridgehead atoms. The number of benzene rings is 2. The van der Waals surface area contributed by atoms with Crippen LogP contribution in [0.25, 0.3) is 11.1 Å². The van der Waals surface area contributed by atoms with Crippen LogP contribution in [0.1, 0.15) is 36.8 Å². The summed E-state index contributed by atoms with van der Waals surface area (Å²) in [7, 11) is 0. The summed E-state index contributed by atoms with van der Waals surface area (Å²) in [6.07, 6.45) is 2.99. The second-order valence-corrected chi connectivity index (χ2v) is 7.06. The van der Waals surface area contributed by atoms with Crippen molar-refractivity contribution < 1.29 is 5.11 Å². The van der Waals surface area contributed by atoms with Crippen molar-refractivity contribution in [3.05, 3.63) is 75.8 Å². The van der Waals surface area contributed by atoms with E-state index in [9.17, 15) is 5.11 Å². The number of nitrogens with zero attached hydrogens (tertiary/aromatic N) is 2. The highest BCUT2D eigenvalue weighted by Crippen LogP contribution is 2.28. The van der Waals surface area contributed by atoms with Crippen LogP contribution in [0.4, 0.5) is 0 Å². The lowest BCUT2D eigenvalue weighted by Gasteiger charge is -2.12. The van der Waals surface area contributed by atoms with Gasteiger partial charge >= 0.3 is 0 Å². The Kier molecular flexibility index (Phi) is 6.36. The van der Waals surface area contributed by atoms with Gasteiger partial charge in [-0.25, -0.2) is 4.98 Å². The predicted molar refractivity (Wildman–Crippen MR) is 108 cm³/mol. The van der Waals surface area contributed by atoms with E-state index in [-0.39, 0.29) is 6.61 Å². The third-order valence-corrected chi connectivity index (χ3v) is 5.12. The molecule has 0 aliphatic carbocycles. The van der Waals surface area contributed by atoms with Crippen LogP contribution in [0, 0.1) is 0 Å². The lowest BCUT2D eigenvalue weighted by Crippen LogP contribution is -2.09. The maximum Gasteiger partial charge on any atom is 0.152 e. The number of hydrogen-bond acceptors (Lipinski definition) is 2. The SMILES string of the molecule is CCCCc1nc(Cl)c(CO)n1Cc1ccc(-c2ccccc2Cl)cc1. The fraction of sp³-hybridized carbons (Fsp3) is 0.286. The van der Waals surface area contributed by atoms with Gasteiger partial charge < -0.3 is 9.67 Å². The fourth-order valence-corrected chi connectivity index (χ4v) is 3.54. The van der Waals surface area contributed by atoms with E-state index >= 15 is 0 Å². The Morgan fingerprint density at radius 1 is 1.04 bits per heavy atom. The molecule has 2 aromatic carbocycles. The van der Waals surface area contributed by atoms with E-state index in [1.54, 1.807) is 0 Å². The molecule has 1 aromatic heterocycles. The van der Waals surface area contributed by atoms with Gasteiger partial charge in [-0.05, 0) is 23.6 Å². The van der Waals surface area contributed by atoms with E-state index in [4.69, 9.17) is 23.2 Å².